The highest BCUT2D eigenvalue weighted by Crippen LogP contribution is 2.16. The lowest BCUT2D eigenvalue weighted by Crippen LogP contribution is -2.47. The van der Waals surface area contributed by atoms with Gasteiger partial charge in [0.1, 0.15) is 0 Å². The quantitative estimate of drug-likeness (QED) is 0.693. The van der Waals surface area contributed by atoms with Gasteiger partial charge in [-0.1, -0.05) is 0 Å². The molecule has 1 aliphatic heterocycles. The van der Waals surface area contributed by atoms with Gasteiger partial charge in [-0.2, -0.15) is 13.2 Å². The number of likely N-dealkylation sites (tertiary alicyclic amines) is 1. The minimum atomic E-state index is -4.76. The number of carbonyl (C=O) groups excluding carboxylic acids is 1. The van der Waals surface area contributed by atoms with Crippen LogP contribution in [0.15, 0.2) is 0 Å². The van der Waals surface area contributed by atoms with Crippen LogP contribution < -0.4 is 5.32 Å². The van der Waals surface area contributed by atoms with Crippen LogP contribution in [0.2, 0.25) is 0 Å². The van der Waals surface area contributed by atoms with Gasteiger partial charge >= 0.3 is 12.1 Å². The minimum Gasteiger partial charge on any atom is -0.345 e. The summed E-state index contributed by atoms with van der Waals surface area (Å²) in [5, 5.41) is 1.99. The molecule has 1 rings (SSSR count). The van der Waals surface area contributed by atoms with Gasteiger partial charge < -0.3 is 10.2 Å². The number of nitrogens with zero attached hydrogens (tertiary/aromatic N) is 1. The average molecular weight is 210 g/mol. The van der Waals surface area contributed by atoms with Crippen LogP contribution in [-0.2, 0) is 4.79 Å². The monoisotopic (exact) mass is 210 g/mol. The molecule has 82 valence electrons. The third-order valence-corrected chi connectivity index (χ3v) is 2.31. The van der Waals surface area contributed by atoms with Crippen LogP contribution in [0.3, 0.4) is 0 Å². The Kier molecular flexibility index (Phi) is 3.36. The van der Waals surface area contributed by atoms with Crippen LogP contribution in [-0.4, -0.2) is 43.2 Å². The lowest BCUT2D eigenvalue weighted by atomic mass is 10.1. The highest BCUT2D eigenvalue weighted by molar-refractivity contribution is 5.81. The van der Waals surface area contributed by atoms with E-state index in [9.17, 15) is 18.0 Å². The number of alkyl halides is 3. The van der Waals surface area contributed by atoms with Crippen LogP contribution in [0.4, 0.5) is 13.2 Å². The zero-order valence-corrected chi connectivity index (χ0v) is 7.90. The third-order valence-electron chi connectivity index (χ3n) is 2.31. The Balaban J connectivity index is 2.35. The fourth-order valence-electron chi connectivity index (χ4n) is 1.42. The molecule has 1 amide bonds. The zero-order chi connectivity index (χ0) is 10.8. The molecule has 1 saturated heterocycles. The van der Waals surface area contributed by atoms with E-state index < -0.39 is 12.1 Å². The lowest BCUT2D eigenvalue weighted by molar-refractivity contribution is -0.174. The largest absolute Gasteiger partial charge is 0.471 e. The topological polar surface area (TPSA) is 32.3 Å². The van der Waals surface area contributed by atoms with Crippen molar-refractivity contribution in [3.63, 3.8) is 0 Å². The van der Waals surface area contributed by atoms with E-state index in [1.165, 1.54) is 0 Å². The maximum Gasteiger partial charge on any atom is 0.471 e. The van der Waals surface area contributed by atoms with E-state index in [4.69, 9.17) is 0 Å². The summed E-state index contributed by atoms with van der Waals surface area (Å²) < 4.78 is 35.6. The van der Waals surface area contributed by atoms with Crippen molar-refractivity contribution >= 4 is 5.91 Å². The van der Waals surface area contributed by atoms with Crippen LogP contribution in [0.5, 0.6) is 0 Å². The molecule has 1 aliphatic rings. The number of nitrogens with one attached hydrogen (secondary N) is 1. The molecule has 0 aliphatic carbocycles. The first-order valence-electron chi connectivity index (χ1n) is 4.46. The average Bonchev–Trinajstić information content (AvgIpc) is 2.07. The Morgan fingerprint density at radius 3 is 2.29 bits per heavy atom. The summed E-state index contributed by atoms with van der Waals surface area (Å²) in [5.74, 6) is -1.83. The second kappa shape index (κ2) is 4.16. The number of carbonyl (C=O) groups is 1. The van der Waals surface area contributed by atoms with Gasteiger partial charge in [-0.3, -0.25) is 4.79 Å². The molecule has 3 nitrogen and oxygen atoms in total. The van der Waals surface area contributed by atoms with Crippen molar-refractivity contribution in [2.45, 2.75) is 25.1 Å². The molecule has 0 bridgehead atoms. The number of halogens is 3. The summed E-state index contributed by atoms with van der Waals surface area (Å²) in [5.41, 5.74) is 0. The number of amides is 1. The van der Waals surface area contributed by atoms with Crippen molar-refractivity contribution in [2.75, 3.05) is 20.1 Å². The predicted molar refractivity (Wildman–Crippen MR) is 44.7 cm³/mol. The predicted octanol–water partition coefficient (Wildman–Crippen LogP) is 0.759. The molecule has 1 fully saturated rings. The second-order valence-corrected chi connectivity index (χ2v) is 3.55. The van der Waals surface area contributed by atoms with Gasteiger partial charge in [0.15, 0.2) is 0 Å². The van der Waals surface area contributed by atoms with E-state index in [0.29, 0.717) is 12.8 Å². The summed E-state index contributed by atoms with van der Waals surface area (Å²) in [4.78, 5) is 12.6. The molecular weight excluding hydrogens is 197 g/mol. The first-order valence-corrected chi connectivity index (χ1v) is 4.46. The summed E-state index contributed by atoms with van der Waals surface area (Å²) in [7, 11) is 1.90. The summed E-state index contributed by atoms with van der Waals surface area (Å²) in [6.45, 7) is 1.45. The van der Waals surface area contributed by atoms with Gasteiger partial charge in [0.2, 0.25) is 0 Å². The third kappa shape index (κ3) is 3.17. The van der Waals surface area contributed by atoms with Crippen molar-refractivity contribution in [1.29, 1.82) is 0 Å². The zero-order valence-electron chi connectivity index (χ0n) is 7.90. The van der Waals surface area contributed by atoms with Crippen LogP contribution in [0.25, 0.3) is 0 Å². The number of piperidine rings is 1. The molecule has 0 radical (unpaired) electrons. The Hall–Kier alpha value is -0.780. The van der Waals surface area contributed by atoms with E-state index >= 15 is 0 Å². The molecule has 6 heteroatoms. The van der Waals surface area contributed by atoms with Crippen molar-refractivity contribution in [1.82, 2.24) is 10.2 Å². The molecule has 0 spiro atoms. The van der Waals surface area contributed by atoms with Crippen molar-refractivity contribution in [3.8, 4) is 0 Å². The highest BCUT2D eigenvalue weighted by Gasteiger charge is 2.39. The molecule has 0 unspecified atom stereocenters. The van der Waals surface area contributed by atoms with Crippen molar-refractivity contribution in [2.24, 2.45) is 0 Å². The highest BCUT2D eigenvalue weighted by atomic mass is 19.4. The molecule has 0 aromatic heterocycles. The smallest absolute Gasteiger partial charge is 0.345 e. The SMILES string of the molecule is CN1CCC(NC(=O)C(F)(F)F)CC1. The molecule has 0 atom stereocenters. The molecule has 0 aromatic carbocycles. The standard InChI is InChI=1S/C8H13F3N2O/c1-13-4-2-6(3-5-13)12-7(14)8(9,10)11/h6H,2-5H2,1H3,(H,12,14). The van der Waals surface area contributed by atoms with Crippen molar-refractivity contribution < 1.29 is 18.0 Å². The number of hydrogen-bond donors (Lipinski definition) is 1. The minimum absolute atomic E-state index is 0.333. The van der Waals surface area contributed by atoms with E-state index in [0.717, 1.165) is 13.1 Å². The summed E-state index contributed by atoms with van der Waals surface area (Å²) in [6, 6.07) is -0.333. The molecule has 0 saturated carbocycles. The van der Waals surface area contributed by atoms with Gasteiger partial charge in [0.05, 0.1) is 0 Å². The van der Waals surface area contributed by atoms with Gasteiger partial charge in [-0.25, -0.2) is 0 Å². The van der Waals surface area contributed by atoms with E-state index in [2.05, 4.69) is 0 Å². The lowest BCUT2D eigenvalue weighted by Gasteiger charge is -2.29. The Bertz CT molecular complexity index is 209. The molecular formula is C8H13F3N2O. The van der Waals surface area contributed by atoms with Gasteiger partial charge in [0, 0.05) is 6.04 Å². The normalized spacial score (nSPS) is 20.9. The Labute approximate surface area is 80.3 Å². The summed E-state index contributed by atoms with van der Waals surface area (Å²) >= 11 is 0. The van der Waals surface area contributed by atoms with Gasteiger partial charge in [-0.05, 0) is 33.0 Å². The maximum absolute atomic E-state index is 11.9. The molecule has 0 aromatic rings. The van der Waals surface area contributed by atoms with Crippen LogP contribution in [0, 0.1) is 0 Å². The number of hydrogen-bond acceptors (Lipinski definition) is 2. The molecule has 14 heavy (non-hydrogen) atoms. The van der Waals surface area contributed by atoms with Crippen LogP contribution in [0.1, 0.15) is 12.8 Å². The second-order valence-electron chi connectivity index (χ2n) is 3.55. The van der Waals surface area contributed by atoms with Crippen molar-refractivity contribution in [3.05, 3.63) is 0 Å². The fraction of sp³-hybridized carbons (Fsp3) is 0.875. The Morgan fingerprint density at radius 2 is 1.86 bits per heavy atom. The van der Waals surface area contributed by atoms with E-state index in [1.807, 2.05) is 17.3 Å². The summed E-state index contributed by atoms with van der Waals surface area (Å²) in [6.07, 6.45) is -3.60. The maximum atomic E-state index is 11.9. The van der Waals surface area contributed by atoms with Crippen LogP contribution >= 0.6 is 0 Å². The van der Waals surface area contributed by atoms with E-state index in [1.54, 1.807) is 0 Å². The van der Waals surface area contributed by atoms with E-state index in [-0.39, 0.29) is 6.04 Å². The molecule has 1 N–H and O–H groups in total. The molecule has 1 heterocycles. The van der Waals surface area contributed by atoms with Gasteiger partial charge in [-0.15, -0.1) is 0 Å². The number of rotatable bonds is 1. The fourth-order valence-corrected chi connectivity index (χ4v) is 1.42. The Morgan fingerprint density at radius 1 is 1.36 bits per heavy atom. The van der Waals surface area contributed by atoms with Gasteiger partial charge in [0.25, 0.3) is 0 Å². The first kappa shape index (κ1) is 11.3. The first-order chi connectivity index (χ1) is 6.39.